The van der Waals surface area contributed by atoms with Gasteiger partial charge in [0, 0.05) is 56.0 Å². The first-order valence-corrected chi connectivity index (χ1v) is 23.9. The molecule has 3 aliphatic carbocycles. The van der Waals surface area contributed by atoms with E-state index in [4.69, 9.17) is 0 Å². The number of benzene rings is 6. The van der Waals surface area contributed by atoms with Crippen LogP contribution in [0.25, 0.3) is 39.0 Å². The standard InChI is InChI=1S/C61H60N2.C2H6/c1-11-13-25-47-48-32-31-46(38-53(48)58(4,5)51(47)12-2)63(44-23-18-15-19-24-44)45-29-27-41(28-30-45)43-35-50-49-34-42(40-21-16-14-17-22-40)36-54-56(49)61(10)33-20-26-52(59(54,6)7)39(3)62-57(50)55(37-43)60(61,8)9;1-2/h12-39,62H,2,11H2,1,3-10H3;1-2H3/b25-13-,33-20-,52-26+;. The molecule has 65 heavy (non-hydrogen) atoms. The van der Waals surface area contributed by atoms with Gasteiger partial charge in [-0.05, 0) is 146 Å². The van der Waals surface area contributed by atoms with Gasteiger partial charge in [0.2, 0.25) is 0 Å². The Kier molecular flexibility index (Phi) is 11.0. The first-order chi connectivity index (χ1) is 31.2. The molecule has 0 saturated heterocycles. The smallest absolute Gasteiger partial charge is 0.0465 e. The zero-order chi connectivity index (χ0) is 46.1. The zero-order valence-corrected chi connectivity index (χ0v) is 40.5. The maximum atomic E-state index is 4.26. The molecule has 0 radical (unpaired) electrons. The maximum Gasteiger partial charge on any atom is 0.0465 e. The van der Waals surface area contributed by atoms with Crippen molar-refractivity contribution < 1.29 is 0 Å². The average Bonchev–Trinajstić information content (AvgIpc) is 3.52. The molecule has 4 aliphatic rings. The summed E-state index contributed by atoms with van der Waals surface area (Å²) >= 11 is 0. The van der Waals surface area contributed by atoms with Crippen LogP contribution in [0.2, 0.25) is 0 Å². The third-order valence-electron chi connectivity index (χ3n) is 15.5. The molecule has 0 fully saturated rings. The SMILES string of the molecule is C=CC1=C(/C=C\CC)c2ccc(N(c3ccccc3)c3ccc(-c4cc5c6c(c4)C(C)(C)C4(C)/C=C\C=C(/C(C)N6)C(C)(C)c6cc(-c7ccccc7)cc-5c64)cc3)cc2C1(C)C.CC. The van der Waals surface area contributed by atoms with Crippen molar-refractivity contribution in [1.29, 1.82) is 0 Å². The van der Waals surface area contributed by atoms with Crippen molar-refractivity contribution in [2.24, 2.45) is 0 Å². The lowest BCUT2D eigenvalue weighted by Gasteiger charge is -2.48. The Hall–Kier alpha value is -6.38. The molecular formula is C63H66N2. The first-order valence-electron chi connectivity index (χ1n) is 23.9. The number of para-hydroxylation sites is 1. The zero-order valence-electron chi connectivity index (χ0n) is 40.5. The Morgan fingerprint density at radius 3 is 1.88 bits per heavy atom. The molecule has 1 heterocycles. The molecule has 6 aromatic carbocycles. The van der Waals surface area contributed by atoms with Crippen LogP contribution in [0, 0.1) is 0 Å². The summed E-state index contributed by atoms with van der Waals surface area (Å²) < 4.78 is 0. The fourth-order valence-electron chi connectivity index (χ4n) is 11.6. The third-order valence-corrected chi connectivity index (χ3v) is 15.5. The van der Waals surface area contributed by atoms with Crippen LogP contribution in [0.1, 0.15) is 110 Å². The Morgan fingerprint density at radius 2 is 1.22 bits per heavy atom. The number of anilines is 4. The second-order valence-electron chi connectivity index (χ2n) is 20.0. The molecule has 0 spiro atoms. The first kappa shape index (κ1) is 43.9. The molecule has 10 rings (SSSR count). The Labute approximate surface area is 389 Å². The van der Waals surface area contributed by atoms with Crippen molar-refractivity contribution in [2.45, 2.75) is 110 Å². The number of nitrogens with one attached hydrogen (secondary N) is 1. The van der Waals surface area contributed by atoms with Gasteiger partial charge in [0.25, 0.3) is 0 Å². The number of rotatable bonds is 8. The molecule has 2 unspecified atom stereocenters. The van der Waals surface area contributed by atoms with Gasteiger partial charge in [-0.1, -0.05) is 179 Å². The summed E-state index contributed by atoms with van der Waals surface area (Å²) in [5.41, 5.74) is 22.1. The van der Waals surface area contributed by atoms with Gasteiger partial charge in [-0.2, -0.15) is 0 Å². The molecule has 0 aromatic heterocycles. The highest BCUT2D eigenvalue weighted by Gasteiger charge is 2.51. The average molecular weight is 851 g/mol. The molecule has 2 nitrogen and oxygen atoms in total. The minimum Gasteiger partial charge on any atom is -0.378 e. The van der Waals surface area contributed by atoms with Crippen LogP contribution < -0.4 is 10.2 Å². The lowest BCUT2D eigenvalue weighted by molar-refractivity contribution is 0.338. The molecule has 2 atom stereocenters. The van der Waals surface area contributed by atoms with E-state index < -0.39 is 0 Å². The van der Waals surface area contributed by atoms with Crippen molar-refractivity contribution in [3.05, 3.63) is 209 Å². The van der Waals surface area contributed by atoms with Crippen LogP contribution in [-0.4, -0.2) is 6.04 Å². The lowest BCUT2D eigenvalue weighted by Crippen LogP contribution is -2.45. The fraction of sp³-hybridized carbons (Fsp3) is 0.270. The van der Waals surface area contributed by atoms with Crippen LogP contribution in [0.4, 0.5) is 22.7 Å². The summed E-state index contributed by atoms with van der Waals surface area (Å²) in [6.07, 6.45) is 14.9. The largest absolute Gasteiger partial charge is 0.378 e. The summed E-state index contributed by atoms with van der Waals surface area (Å²) in [7, 11) is 0. The summed E-state index contributed by atoms with van der Waals surface area (Å²) in [4.78, 5) is 2.40. The Morgan fingerprint density at radius 1 is 0.615 bits per heavy atom. The van der Waals surface area contributed by atoms with E-state index in [9.17, 15) is 0 Å². The van der Waals surface area contributed by atoms with E-state index in [1.165, 1.54) is 83.6 Å². The molecule has 328 valence electrons. The van der Waals surface area contributed by atoms with E-state index in [-0.39, 0.29) is 27.7 Å². The normalized spacial score (nSPS) is 21.3. The second-order valence-corrected chi connectivity index (χ2v) is 20.0. The third kappa shape index (κ3) is 6.74. The van der Waals surface area contributed by atoms with E-state index in [0.717, 1.165) is 23.5 Å². The highest BCUT2D eigenvalue weighted by molar-refractivity contribution is 5.95. The van der Waals surface area contributed by atoms with Crippen LogP contribution in [0.5, 0.6) is 0 Å². The van der Waals surface area contributed by atoms with Crippen molar-refractivity contribution in [1.82, 2.24) is 0 Å². The fourth-order valence-corrected chi connectivity index (χ4v) is 11.6. The summed E-state index contributed by atoms with van der Waals surface area (Å²) in [6, 6.07) is 48.1. The van der Waals surface area contributed by atoms with Crippen molar-refractivity contribution in [2.75, 3.05) is 10.2 Å². The number of hydrogen-bond donors (Lipinski definition) is 1. The Balaban J connectivity index is 0.00000263. The van der Waals surface area contributed by atoms with Crippen LogP contribution in [-0.2, 0) is 21.7 Å². The summed E-state index contributed by atoms with van der Waals surface area (Å²) in [6.45, 7) is 29.8. The second kappa shape index (κ2) is 16.2. The molecule has 1 N–H and O–H groups in total. The van der Waals surface area contributed by atoms with E-state index in [2.05, 4.69) is 243 Å². The summed E-state index contributed by atoms with van der Waals surface area (Å²) in [5.74, 6) is 0. The van der Waals surface area contributed by atoms with Gasteiger partial charge in [-0.25, -0.2) is 0 Å². The highest BCUT2D eigenvalue weighted by Crippen LogP contribution is 2.61. The van der Waals surface area contributed by atoms with E-state index in [1.54, 1.807) is 0 Å². The van der Waals surface area contributed by atoms with E-state index in [0.29, 0.717) is 0 Å². The molecular weight excluding hydrogens is 785 g/mol. The maximum absolute atomic E-state index is 4.26. The number of hydrogen-bond acceptors (Lipinski definition) is 2. The van der Waals surface area contributed by atoms with Crippen molar-refractivity contribution in [3.63, 3.8) is 0 Å². The van der Waals surface area contributed by atoms with Crippen LogP contribution >= 0.6 is 0 Å². The predicted molar refractivity (Wildman–Crippen MR) is 282 cm³/mol. The highest BCUT2D eigenvalue weighted by atomic mass is 15.1. The van der Waals surface area contributed by atoms with Crippen molar-refractivity contribution >= 4 is 28.3 Å². The minimum atomic E-state index is -0.296. The van der Waals surface area contributed by atoms with Gasteiger partial charge in [-0.15, -0.1) is 0 Å². The van der Waals surface area contributed by atoms with E-state index in [1.807, 2.05) is 13.8 Å². The van der Waals surface area contributed by atoms with Gasteiger partial charge >= 0.3 is 0 Å². The Bertz CT molecular complexity index is 2950. The molecule has 2 heteroatoms. The number of fused-ring (bicyclic) bond motifs is 2. The predicted octanol–water partition coefficient (Wildman–Crippen LogP) is 17.5. The van der Waals surface area contributed by atoms with Crippen molar-refractivity contribution in [3.8, 4) is 33.4 Å². The molecule has 1 aliphatic heterocycles. The molecule has 0 saturated carbocycles. The lowest BCUT2D eigenvalue weighted by atomic mass is 9.55. The monoisotopic (exact) mass is 851 g/mol. The van der Waals surface area contributed by atoms with Crippen LogP contribution in [0.3, 0.4) is 0 Å². The van der Waals surface area contributed by atoms with Gasteiger partial charge in [-0.3, -0.25) is 0 Å². The molecule has 7 bridgehead atoms. The van der Waals surface area contributed by atoms with Gasteiger partial charge in [0.15, 0.2) is 0 Å². The number of allylic oxidation sites excluding steroid dienone is 8. The van der Waals surface area contributed by atoms with E-state index >= 15 is 0 Å². The topological polar surface area (TPSA) is 15.3 Å². The van der Waals surface area contributed by atoms with Gasteiger partial charge in [0.1, 0.15) is 0 Å². The quantitative estimate of drug-likeness (QED) is 0.164. The number of nitrogens with zero attached hydrogens (tertiary/aromatic N) is 1. The van der Waals surface area contributed by atoms with Gasteiger partial charge in [0.05, 0.1) is 0 Å². The summed E-state index contributed by atoms with van der Waals surface area (Å²) in [5, 5.41) is 4.17. The minimum absolute atomic E-state index is 0.125. The molecule has 0 amide bonds. The van der Waals surface area contributed by atoms with Crippen LogP contribution in [0.15, 0.2) is 182 Å². The molecule has 6 aromatic rings. The van der Waals surface area contributed by atoms with Gasteiger partial charge < -0.3 is 10.2 Å².